The molecule has 0 amide bonds. The van der Waals surface area contributed by atoms with E-state index < -0.39 is 0 Å². The van der Waals surface area contributed by atoms with Crippen LogP contribution in [-0.2, 0) is 0 Å². The van der Waals surface area contributed by atoms with E-state index in [0.717, 1.165) is 60.9 Å². The molecule has 47 heavy (non-hydrogen) atoms. The van der Waals surface area contributed by atoms with Crippen LogP contribution in [0.4, 0.5) is 17.1 Å². The lowest BCUT2D eigenvalue weighted by Gasteiger charge is -2.25. The van der Waals surface area contributed by atoms with Crippen molar-refractivity contribution in [3.8, 4) is 11.1 Å². The van der Waals surface area contributed by atoms with Crippen molar-refractivity contribution in [2.75, 3.05) is 4.90 Å². The zero-order valence-corrected chi connectivity index (χ0v) is 25.4. The number of furan rings is 2. The van der Waals surface area contributed by atoms with E-state index in [0.29, 0.717) is 0 Å². The molecular formula is C44H27NO2. The summed E-state index contributed by atoms with van der Waals surface area (Å²) in [5.74, 6) is 0. The van der Waals surface area contributed by atoms with Gasteiger partial charge in [-0.3, -0.25) is 0 Å². The van der Waals surface area contributed by atoms with Crippen molar-refractivity contribution in [3.05, 3.63) is 164 Å². The van der Waals surface area contributed by atoms with Gasteiger partial charge in [0.1, 0.15) is 16.7 Å². The van der Waals surface area contributed by atoms with Crippen molar-refractivity contribution >= 4 is 82.5 Å². The molecule has 8 aromatic carbocycles. The standard InChI is InChI=1S/C44H27NO2/c1-2-14-32(15-3-1)45(33-22-20-29(21-23-33)35-17-8-13-28-10-6-7-16-34(28)35)39-19-9-18-37-42-40(46-43(37)39)25-24-36-38-26-30-11-4-5-12-31(30)27-41(38)47-44(36)42/h1-27H. The molecule has 10 aromatic rings. The van der Waals surface area contributed by atoms with Gasteiger partial charge in [-0.1, -0.05) is 109 Å². The summed E-state index contributed by atoms with van der Waals surface area (Å²) in [7, 11) is 0. The Morgan fingerprint density at radius 2 is 1.04 bits per heavy atom. The Balaban J connectivity index is 1.17. The van der Waals surface area contributed by atoms with Crippen LogP contribution in [0.3, 0.4) is 0 Å². The highest BCUT2D eigenvalue weighted by molar-refractivity contribution is 6.24. The van der Waals surface area contributed by atoms with Crippen molar-refractivity contribution in [2.24, 2.45) is 0 Å². The second kappa shape index (κ2) is 10.1. The molecule has 0 aliphatic rings. The number of rotatable bonds is 4. The Bertz CT molecular complexity index is 2780. The summed E-state index contributed by atoms with van der Waals surface area (Å²) >= 11 is 0. The molecule has 0 unspecified atom stereocenters. The minimum Gasteiger partial charge on any atom is -0.455 e. The topological polar surface area (TPSA) is 29.5 Å². The van der Waals surface area contributed by atoms with Crippen molar-refractivity contribution in [1.29, 1.82) is 0 Å². The molecular weight excluding hydrogens is 574 g/mol. The number of benzene rings is 8. The molecule has 0 fully saturated rings. The molecule has 2 aromatic heterocycles. The summed E-state index contributed by atoms with van der Waals surface area (Å²) in [4.78, 5) is 2.28. The maximum atomic E-state index is 6.73. The van der Waals surface area contributed by atoms with Gasteiger partial charge < -0.3 is 13.7 Å². The molecule has 0 N–H and O–H groups in total. The van der Waals surface area contributed by atoms with Gasteiger partial charge in [0, 0.05) is 27.5 Å². The molecule has 3 heteroatoms. The van der Waals surface area contributed by atoms with E-state index in [1.807, 2.05) is 0 Å². The smallest absolute Gasteiger partial charge is 0.159 e. The van der Waals surface area contributed by atoms with Crippen LogP contribution >= 0.6 is 0 Å². The summed E-state index contributed by atoms with van der Waals surface area (Å²) < 4.78 is 13.4. The van der Waals surface area contributed by atoms with Crippen molar-refractivity contribution in [2.45, 2.75) is 0 Å². The third kappa shape index (κ3) is 4.00. The van der Waals surface area contributed by atoms with Crippen LogP contribution < -0.4 is 4.90 Å². The van der Waals surface area contributed by atoms with Gasteiger partial charge in [0.2, 0.25) is 0 Å². The Morgan fingerprint density at radius 1 is 0.383 bits per heavy atom. The fraction of sp³-hybridized carbons (Fsp3) is 0. The number of hydrogen-bond donors (Lipinski definition) is 0. The fourth-order valence-electron chi connectivity index (χ4n) is 7.23. The second-order valence-corrected chi connectivity index (χ2v) is 12.1. The molecule has 0 bridgehead atoms. The molecule has 220 valence electrons. The highest BCUT2D eigenvalue weighted by Gasteiger charge is 2.22. The van der Waals surface area contributed by atoms with Crippen molar-refractivity contribution < 1.29 is 8.83 Å². The van der Waals surface area contributed by atoms with Gasteiger partial charge >= 0.3 is 0 Å². The van der Waals surface area contributed by atoms with Crippen LogP contribution in [0.1, 0.15) is 0 Å². The van der Waals surface area contributed by atoms with Gasteiger partial charge in [-0.05, 0) is 87.3 Å². The first-order valence-electron chi connectivity index (χ1n) is 15.9. The van der Waals surface area contributed by atoms with Crippen LogP contribution in [-0.4, -0.2) is 0 Å². The minimum atomic E-state index is 0.808. The van der Waals surface area contributed by atoms with Crippen LogP contribution in [0.5, 0.6) is 0 Å². The van der Waals surface area contributed by atoms with Gasteiger partial charge in [-0.2, -0.15) is 0 Å². The second-order valence-electron chi connectivity index (χ2n) is 12.1. The molecule has 0 radical (unpaired) electrons. The maximum absolute atomic E-state index is 6.73. The lowest BCUT2D eigenvalue weighted by molar-refractivity contribution is 0.663. The van der Waals surface area contributed by atoms with Gasteiger partial charge in [0.05, 0.1) is 11.1 Å². The molecule has 3 nitrogen and oxygen atoms in total. The first kappa shape index (κ1) is 26.0. The average molecular weight is 602 g/mol. The molecule has 0 aliphatic carbocycles. The number of anilines is 3. The molecule has 0 saturated heterocycles. The number of nitrogens with zero attached hydrogens (tertiary/aromatic N) is 1. The lowest BCUT2D eigenvalue weighted by Crippen LogP contribution is -2.10. The van der Waals surface area contributed by atoms with Crippen LogP contribution in [0.25, 0.3) is 76.5 Å². The normalized spacial score (nSPS) is 11.8. The lowest BCUT2D eigenvalue weighted by atomic mass is 9.98. The highest BCUT2D eigenvalue weighted by atomic mass is 16.3. The predicted molar refractivity (Wildman–Crippen MR) is 196 cm³/mol. The molecule has 0 aliphatic heterocycles. The Hall–Kier alpha value is -6.32. The summed E-state index contributed by atoms with van der Waals surface area (Å²) in [6.07, 6.45) is 0. The zero-order chi connectivity index (χ0) is 30.9. The molecule has 0 atom stereocenters. The largest absolute Gasteiger partial charge is 0.455 e. The summed E-state index contributed by atoms with van der Waals surface area (Å²) in [6, 6.07) is 57.8. The van der Waals surface area contributed by atoms with E-state index in [9.17, 15) is 0 Å². The third-order valence-corrected chi connectivity index (χ3v) is 9.43. The Labute approximate surface area is 270 Å². The monoisotopic (exact) mass is 601 g/mol. The van der Waals surface area contributed by atoms with Gasteiger partial charge in [0.15, 0.2) is 5.58 Å². The summed E-state index contributed by atoms with van der Waals surface area (Å²) in [6.45, 7) is 0. The SMILES string of the molecule is c1ccc(N(c2ccc(-c3cccc4ccccc34)cc2)c2cccc3c2oc2ccc4c5cc6ccccc6cc5oc4c23)cc1. The summed E-state index contributed by atoms with van der Waals surface area (Å²) in [5, 5.41) is 9.09. The number of hydrogen-bond acceptors (Lipinski definition) is 3. The van der Waals surface area contributed by atoms with Gasteiger partial charge in [-0.25, -0.2) is 0 Å². The van der Waals surface area contributed by atoms with E-state index in [-0.39, 0.29) is 0 Å². The van der Waals surface area contributed by atoms with E-state index in [4.69, 9.17) is 8.83 Å². The zero-order valence-electron chi connectivity index (χ0n) is 25.4. The van der Waals surface area contributed by atoms with Crippen molar-refractivity contribution in [1.82, 2.24) is 0 Å². The van der Waals surface area contributed by atoms with Crippen molar-refractivity contribution in [3.63, 3.8) is 0 Å². The quantitative estimate of drug-likeness (QED) is 0.201. The summed E-state index contributed by atoms with van der Waals surface area (Å²) in [5.41, 5.74) is 8.85. The first-order chi connectivity index (χ1) is 23.3. The Kier molecular flexibility index (Phi) is 5.57. The molecule has 10 rings (SSSR count). The highest BCUT2D eigenvalue weighted by Crippen LogP contribution is 2.45. The molecule has 0 saturated carbocycles. The average Bonchev–Trinajstić information content (AvgIpc) is 3.69. The predicted octanol–water partition coefficient (Wildman–Crippen LogP) is 12.9. The van der Waals surface area contributed by atoms with Crippen LogP contribution in [0.2, 0.25) is 0 Å². The number of para-hydroxylation sites is 2. The van der Waals surface area contributed by atoms with Crippen LogP contribution in [0.15, 0.2) is 173 Å². The van der Waals surface area contributed by atoms with Crippen LogP contribution in [0, 0.1) is 0 Å². The molecule has 2 heterocycles. The number of fused-ring (bicyclic) bond motifs is 9. The fourth-order valence-corrected chi connectivity index (χ4v) is 7.23. The van der Waals surface area contributed by atoms with Gasteiger partial charge in [-0.15, -0.1) is 0 Å². The van der Waals surface area contributed by atoms with E-state index >= 15 is 0 Å². The van der Waals surface area contributed by atoms with E-state index in [1.54, 1.807) is 0 Å². The Morgan fingerprint density at radius 3 is 1.89 bits per heavy atom. The first-order valence-corrected chi connectivity index (χ1v) is 15.9. The van der Waals surface area contributed by atoms with E-state index in [2.05, 4.69) is 169 Å². The van der Waals surface area contributed by atoms with E-state index in [1.165, 1.54) is 32.7 Å². The minimum absolute atomic E-state index is 0.808. The third-order valence-electron chi connectivity index (χ3n) is 9.43. The molecule has 0 spiro atoms. The van der Waals surface area contributed by atoms with Gasteiger partial charge in [0.25, 0.3) is 0 Å². The maximum Gasteiger partial charge on any atom is 0.159 e.